The number of nitrogens with one attached hydrogen (secondary N) is 2. The number of piperidine rings is 1. The molecule has 8 heteroatoms. The van der Waals surface area contributed by atoms with Crippen molar-refractivity contribution in [1.82, 2.24) is 14.9 Å². The molecule has 0 atom stereocenters. The fourth-order valence-corrected chi connectivity index (χ4v) is 5.82. The first kappa shape index (κ1) is 21.9. The maximum atomic E-state index is 14.0. The van der Waals surface area contributed by atoms with Gasteiger partial charge in [-0.15, -0.1) is 0 Å². The second-order valence-corrected chi connectivity index (χ2v) is 10.3. The van der Waals surface area contributed by atoms with E-state index >= 15 is 0 Å². The number of sulfonamides is 1. The molecule has 2 aromatic carbocycles. The van der Waals surface area contributed by atoms with Gasteiger partial charge in [0.2, 0.25) is 10.0 Å². The number of aryl methyl sites for hydroxylation is 2. The number of halogens is 1. The minimum atomic E-state index is -3.54. The van der Waals surface area contributed by atoms with Crippen LogP contribution in [-0.2, 0) is 16.6 Å². The zero-order valence-corrected chi connectivity index (χ0v) is 18.8. The maximum Gasteiger partial charge on any atom is 0.243 e. The van der Waals surface area contributed by atoms with Gasteiger partial charge in [0.25, 0.3) is 0 Å². The first-order valence-corrected chi connectivity index (χ1v) is 12.1. The van der Waals surface area contributed by atoms with Crippen molar-refractivity contribution in [3.63, 3.8) is 0 Å². The van der Waals surface area contributed by atoms with Gasteiger partial charge in [-0.3, -0.25) is 4.99 Å². The molecule has 0 amide bonds. The van der Waals surface area contributed by atoms with Crippen molar-refractivity contribution >= 4 is 15.9 Å². The smallest absolute Gasteiger partial charge is 0.243 e. The quantitative estimate of drug-likeness (QED) is 0.761. The first-order chi connectivity index (χ1) is 14.8. The van der Waals surface area contributed by atoms with Crippen LogP contribution in [0.1, 0.15) is 29.5 Å². The zero-order valence-electron chi connectivity index (χ0n) is 18.0. The van der Waals surface area contributed by atoms with Crippen molar-refractivity contribution in [2.75, 3.05) is 26.2 Å². The average Bonchev–Trinajstić information content (AvgIpc) is 2.76. The maximum absolute atomic E-state index is 14.0. The standard InChI is InChI=1S/C23H29FN4O2S/c1-17-7-8-20(15-18(17)2)31(29,30)28-13-9-23(10-14-28)22(25-11-12-27-23)26-16-19-5-3-4-6-21(19)24/h3-8,15,27H,9-14,16H2,1-2H3,(H,25,26). The van der Waals surface area contributed by atoms with Crippen LogP contribution >= 0.6 is 0 Å². The molecule has 2 heterocycles. The fraction of sp³-hybridized carbons (Fsp3) is 0.435. The van der Waals surface area contributed by atoms with Gasteiger partial charge in [-0.25, -0.2) is 12.8 Å². The highest BCUT2D eigenvalue weighted by Crippen LogP contribution is 2.29. The van der Waals surface area contributed by atoms with Crippen LogP contribution in [0, 0.1) is 19.7 Å². The average molecular weight is 445 g/mol. The second-order valence-electron chi connectivity index (χ2n) is 8.33. The van der Waals surface area contributed by atoms with Crippen LogP contribution in [-0.4, -0.2) is 50.3 Å². The summed E-state index contributed by atoms with van der Waals surface area (Å²) in [7, 11) is -3.54. The number of benzene rings is 2. The molecule has 2 aliphatic heterocycles. The Bertz CT molecular complexity index is 1090. The van der Waals surface area contributed by atoms with Gasteiger partial charge >= 0.3 is 0 Å². The molecule has 0 unspecified atom stereocenters. The molecule has 2 aromatic rings. The normalized spacial score (nSPS) is 19.3. The molecule has 0 saturated carbocycles. The lowest BCUT2D eigenvalue weighted by Crippen LogP contribution is -2.64. The van der Waals surface area contributed by atoms with Gasteiger partial charge in [0.15, 0.2) is 0 Å². The summed E-state index contributed by atoms with van der Waals surface area (Å²) in [5.41, 5.74) is 2.22. The van der Waals surface area contributed by atoms with Gasteiger partial charge in [0.05, 0.1) is 17.0 Å². The van der Waals surface area contributed by atoms with Crippen LogP contribution < -0.4 is 10.6 Å². The van der Waals surface area contributed by atoms with E-state index in [4.69, 9.17) is 0 Å². The third-order valence-corrected chi connectivity index (χ3v) is 8.29. The first-order valence-electron chi connectivity index (χ1n) is 10.7. The van der Waals surface area contributed by atoms with E-state index in [2.05, 4.69) is 15.6 Å². The van der Waals surface area contributed by atoms with E-state index in [0.717, 1.165) is 23.5 Å². The van der Waals surface area contributed by atoms with Crippen molar-refractivity contribution in [2.24, 2.45) is 4.99 Å². The van der Waals surface area contributed by atoms with Gasteiger partial charge < -0.3 is 10.6 Å². The lowest BCUT2D eigenvalue weighted by Gasteiger charge is -2.44. The Morgan fingerprint density at radius 1 is 1.13 bits per heavy atom. The monoisotopic (exact) mass is 444 g/mol. The molecule has 1 saturated heterocycles. The summed E-state index contributed by atoms with van der Waals surface area (Å²) in [5, 5.41) is 6.87. The Labute approximate surface area is 183 Å². The Morgan fingerprint density at radius 3 is 2.58 bits per heavy atom. The van der Waals surface area contributed by atoms with E-state index in [-0.39, 0.29) is 5.82 Å². The van der Waals surface area contributed by atoms with Crippen molar-refractivity contribution in [2.45, 2.75) is 43.7 Å². The third kappa shape index (κ3) is 4.37. The highest BCUT2D eigenvalue weighted by Gasteiger charge is 2.43. The second kappa shape index (κ2) is 8.68. The Hall–Kier alpha value is -2.29. The molecule has 1 spiro atoms. The van der Waals surface area contributed by atoms with E-state index in [1.54, 1.807) is 28.6 Å². The molecule has 2 N–H and O–H groups in total. The van der Waals surface area contributed by atoms with Crippen molar-refractivity contribution in [3.05, 3.63) is 65.0 Å². The number of nitrogens with zero attached hydrogens (tertiary/aromatic N) is 2. The van der Waals surface area contributed by atoms with E-state index in [1.165, 1.54) is 6.07 Å². The van der Waals surface area contributed by atoms with Gasteiger partial charge in [-0.05, 0) is 56.0 Å². The SMILES string of the molecule is Cc1ccc(S(=O)(=O)N2CCC3(CC2)NCCN=C3NCc2ccccc2F)cc1C. The highest BCUT2D eigenvalue weighted by molar-refractivity contribution is 7.89. The molecule has 0 bridgehead atoms. The molecule has 0 aliphatic carbocycles. The van der Waals surface area contributed by atoms with Gasteiger partial charge in [0.1, 0.15) is 11.7 Å². The Kier molecular flexibility index (Phi) is 6.14. The van der Waals surface area contributed by atoms with Crippen molar-refractivity contribution in [3.8, 4) is 0 Å². The predicted molar refractivity (Wildman–Crippen MR) is 120 cm³/mol. The minimum absolute atomic E-state index is 0.247. The van der Waals surface area contributed by atoms with E-state index in [0.29, 0.717) is 49.5 Å². The van der Waals surface area contributed by atoms with Crippen molar-refractivity contribution < 1.29 is 12.8 Å². The largest absolute Gasteiger partial charge is 0.368 e. The molecule has 4 rings (SSSR count). The number of hydrogen-bond acceptors (Lipinski definition) is 5. The van der Waals surface area contributed by atoms with Crippen LogP contribution in [0.15, 0.2) is 52.4 Å². The fourth-order valence-electron chi connectivity index (χ4n) is 4.29. The predicted octanol–water partition coefficient (Wildman–Crippen LogP) is 2.76. The zero-order chi connectivity index (χ0) is 22.1. The molecule has 166 valence electrons. The number of aliphatic imine (C=N–C) groups is 1. The van der Waals surface area contributed by atoms with Crippen LogP contribution in [0.4, 0.5) is 4.39 Å². The molecular formula is C23H29FN4O2S. The molecular weight excluding hydrogens is 415 g/mol. The third-order valence-electron chi connectivity index (χ3n) is 6.39. The number of rotatable bonds is 4. The minimum Gasteiger partial charge on any atom is -0.368 e. The summed E-state index contributed by atoms with van der Waals surface area (Å²) < 4.78 is 41.9. The van der Waals surface area contributed by atoms with Gasteiger partial charge in [0, 0.05) is 31.7 Å². The summed E-state index contributed by atoms with van der Waals surface area (Å²) in [4.78, 5) is 5.01. The van der Waals surface area contributed by atoms with E-state index in [1.807, 2.05) is 26.0 Å². The summed E-state index contributed by atoms with van der Waals surface area (Å²) in [6.07, 6.45) is 1.22. The molecule has 1 fully saturated rings. The van der Waals surface area contributed by atoms with Crippen LogP contribution in [0.25, 0.3) is 0 Å². The van der Waals surface area contributed by atoms with Crippen LogP contribution in [0.2, 0.25) is 0 Å². The summed E-state index contributed by atoms with van der Waals surface area (Å²) >= 11 is 0. The van der Waals surface area contributed by atoms with E-state index in [9.17, 15) is 12.8 Å². The molecule has 0 aromatic heterocycles. The van der Waals surface area contributed by atoms with E-state index < -0.39 is 15.6 Å². The van der Waals surface area contributed by atoms with Gasteiger partial charge in [-0.2, -0.15) is 4.31 Å². The van der Waals surface area contributed by atoms with Crippen LogP contribution in [0.3, 0.4) is 0 Å². The molecule has 0 radical (unpaired) electrons. The van der Waals surface area contributed by atoms with Crippen molar-refractivity contribution in [1.29, 1.82) is 0 Å². The highest BCUT2D eigenvalue weighted by atomic mass is 32.2. The van der Waals surface area contributed by atoms with Gasteiger partial charge in [-0.1, -0.05) is 24.3 Å². The number of amidine groups is 1. The number of hydrogen-bond donors (Lipinski definition) is 2. The Balaban J connectivity index is 1.47. The summed E-state index contributed by atoms with van der Waals surface area (Å²) in [6.45, 7) is 6.45. The molecule has 6 nitrogen and oxygen atoms in total. The summed E-state index contributed by atoms with van der Waals surface area (Å²) in [5.74, 6) is 0.549. The lowest BCUT2D eigenvalue weighted by atomic mass is 9.85. The Morgan fingerprint density at radius 2 is 1.87 bits per heavy atom. The summed E-state index contributed by atoms with van der Waals surface area (Å²) in [6, 6.07) is 12.0. The van der Waals surface area contributed by atoms with Crippen LogP contribution in [0.5, 0.6) is 0 Å². The topological polar surface area (TPSA) is 73.8 Å². The molecule has 31 heavy (non-hydrogen) atoms. The lowest BCUT2D eigenvalue weighted by molar-refractivity contribution is 0.241. The molecule has 2 aliphatic rings.